The van der Waals surface area contributed by atoms with E-state index in [9.17, 15) is 0 Å². The first-order valence-corrected chi connectivity index (χ1v) is 9.81. The molecule has 1 aliphatic rings. The monoisotopic (exact) mass is 483 g/mol. The zero-order valence-corrected chi connectivity index (χ0v) is 20.3. The summed E-state index contributed by atoms with van der Waals surface area (Å²) in [4.78, 5) is 9.37. The van der Waals surface area contributed by atoms with Crippen molar-refractivity contribution in [2.75, 3.05) is 53.0 Å². The van der Waals surface area contributed by atoms with Gasteiger partial charge in [-0.1, -0.05) is 0 Å². The SMILES string of the molecule is CN=C(NCCCN(C(C)C)C(C)C)NCC(C)(C)N1CCOCC1.I. The second-order valence-electron chi connectivity index (χ2n) is 8.04. The summed E-state index contributed by atoms with van der Waals surface area (Å²) in [6.07, 6.45) is 1.11. The Morgan fingerprint density at radius 2 is 1.69 bits per heavy atom. The normalized spacial score (nSPS) is 16.9. The largest absolute Gasteiger partial charge is 0.379 e. The van der Waals surface area contributed by atoms with Gasteiger partial charge < -0.3 is 15.4 Å². The van der Waals surface area contributed by atoms with Gasteiger partial charge in [-0.15, -0.1) is 24.0 Å². The van der Waals surface area contributed by atoms with Gasteiger partial charge >= 0.3 is 0 Å². The van der Waals surface area contributed by atoms with Gasteiger partial charge in [0.1, 0.15) is 0 Å². The lowest BCUT2D eigenvalue weighted by Crippen LogP contribution is -2.56. The number of nitrogens with one attached hydrogen (secondary N) is 2. The fourth-order valence-corrected chi connectivity index (χ4v) is 3.38. The number of ether oxygens (including phenoxy) is 1. The van der Waals surface area contributed by atoms with Gasteiger partial charge in [0.15, 0.2) is 5.96 Å². The maximum absolute atomic E-state index is 5.46. The van der Waals surface area contributed by atoms with Gasteiger partial charge in [0.2, 0.25) is 0 Å². The highest BCUT2D eigenvalue weighted by atomic mass is 127. The van der Waals surface area contributed by atoms with Gasteiger partial charge in [-0.2, -0.15) is 0 Å². The summed E-state index contributed by atoms with van der Waals surface area (Å²) in [6.45, 7) is 20.2. The molecule has 0 radical (unpaired) electrons. The molecule has 0 aromatic carbocycles. The molecule has 0 aromatic heterocycles. The first kappa shape index (κ1) is 25.9. The average molecular weight is 483 g/mol. The third kappa shape index (κ3) is 9.19. The van der Waals surface area contributed by atoms with Crippen molar-refractivity contribution in [1.82, 2.24) is 20.4 Å². The molecule has 1 fully saturated rings. The van der Waals surface area contributed by atoms with E-state index in [0.29, 0.717) is 12.1 Å². The van der Waals surface area contributed by atoms with E-state index in [0.717, 1.165) is 58.3 Å². The Morgan fingerprint density at radius 3 is 2.19 bits per heavy atom. The quantitative estimate of drug-likeness (QED) is 0.228. The van der Waals surface area contributed by atoms with E-state index < -0.39 is 0 Å². The summed E-state index contributed by atoms with van der Waals surface area (Å²) in [6, 6.07) is 1.18. The van der Waals surface area contributed by atoms with Crippen molar-refractivity contribution < 1.29 is 4.74 Å². The van der Waals surface area contributed by atoms with E-state index in [1.807, 2.05) is 7.05 Å². The maximum Gasteiger partial charge on any atom is 0.191 e. The Kier molecular flexibility index (Phi) is 13.1. The van der Waals surface area contributed by atoms with Gasteiger partial charge in [0, 0.05) is 57.4 Å². The number of hydrogen-bond donors (Lipinski definition) is 2. The van der Waals surface area contributed by atoms with Crippen LogP contribution in [0.1, 0.15) is 48.0 Å². The van der Waals surface area contributed by atoms with Crippen molar-refractivity contribution in [3.63, 3.8) is 0 Å². The minimum Gasteiger partial charge on any atom is -0.379 e. The van der Waals surface area contributed by atoms with Crippen LogP contribution in [-0.2, 0) is 4.74 Å². The van der Waals surface area contributed by atoms with E-state index >= 15 is 0 Å². The van der Waals surface area contributed by atoms with Gasteiger partial charge in [0.05, 0.1) is 13.2 Å². The molecule has 1 heterocycles. The highest BCUT2D eigenvalue weighted by molar-refractivity contribution is 14.0. The molecule has 156 valence electrons. The summed E-state index contributed by atoms with van der Waals surface area (Å²) in [5, 5.41) is 6.93. The Labute approximate surface area is 178 Å². The van der Waals surface area contributed by atoms with Crippen LogP contribution in [0, 0.1) is 0 Å². The molecule has 0 aromatic rings. The summed E-state index contributed by atoms with van der Waals surface area (Å²) < 4.78 is 5.46. The minimum absolute atomic E-state index is 0. The third-order valence-corrected chi connectivity index (χ3v) is 4.99. The van der Waals surface area contributed by atoms with Gasteiger partial charge in [-0.3, -0.25) is 14.8 Å². The van der Waals surface area contributed by atoms with E-state index in [4.69, 9.17) is 4.74 Å². The minimum atomic E-state index is 0. The number of hydrogen-bond acceptors (Lipinski definition) is 4. The Morgan fingerprint density at radius 1 is 1.12 bits per heavy atom. The standard InChI is InChI=1S/C19H41N5O.HI/c1-16(2)24(17(3)4)10-8-9-21-18(20-7)22-15-19(5,6)23-11-13-25-14-12-23;/h16-17H,8-15H2,1-7H3,(H2,20,21,22);1H. The molecule has 6 nitrogen and oxygen atoms in total. The van der Waals surface area contributed by atoms with E-state index in [-0.39, 0.29) is 29.5 Å². The zero-order chi connectivity index (χ0) is 18.9. The van der Waals surface area contributed by atoms with E-state index in [1.165, 1.54) is 0 Å². The van der Waals surface area contributed by atoms with Crippen LogP contribution in [0.5, 0.6) is 0 Å². The molecule has 0 amide bonds. The number of nitrogens with zero attached hydrogens (tertiary/aromatic N) is 3. The van der Waals surface area contributed by atoms with Crippen molar-refractivity contribution in [1.29, 1.82) is 0 Å². The maximum atomic E-state index is 5.46. The summed E-state index contributed by atoms with van der Waals surface area (Å²) in [5.41, 5.74) is 0.0908. The number of morpholine rings is 1. The molecule has 7 heteroatoms. The Balaban J connectivity index is 0.00000625. The van der Waals surface area contributed by atoms with Crippen LogP contribution >= 0.6 is 24.0 Å². The number of aliphatic imine (C=N–C) groups is 1. The van der Waals surface area contributed by atoms with E-state index in [1.54, 1.807) is 0 Å². The van der Waals surface area contributed by atoms with Crippen LogP contribution in [0.2, 0.25) is 0 Å². The molecule has 26 heavy (non-hydrogen) atoms. The van der Waals surface area contributed by atoms with E-state index in [2.05, 4.69) is 67.0 Å². The van der Waals surface area contributed by atoms with Crippen molar-refractivity contribution in [3.8, 4) is 0 Å². The predicted molar refractivity (Wildman–Crippen MR) is 123 cm³/mol. The highest BCUT2D eigenvalue weighted by Gasteiger charge is 2.28. The Hall–Kier alpha value is -0.120. The molecular weight excluding hydrogens is 441 g/mol. The average Bonchev–Trinajstić information content (AvgIpc) is 2.57. The number of guanidine groups is 1. The van der Waals surface area contributed by atoms with Crippen LogP contribution in [0.4, 0.5) is 0 Å². The van der Waals surface area contributed by atoms with Gasteiger partial charge in [0.25, 0.3) is 0 Å². The molecule has 1 rings (SSSR count). The molecule has 0 saturated carbocycles. The fourth-order valence-electron chi connectivity index (χ4n) is 3.38. The summed E-state index contributed by atoms with van der Waals surface area (Å²) in [5.74, 6) is 0.891. The number of rotatable bonds is 9. The lowest BCUT2D eigenvalue weighted by Gasteiger charge is -2.41. The lowest BCUT2D eigenvalue weighted by atomic mass is 10.0. The summed E-state index contributed by atoms with van der Waals surface area (Å²) in [7, 11) is 1.84. The molecule has 0 spiro atoms. The highest BCUT2D eigenvalue weighted by Crippen LogP contribution is 2.15. The second-order valence-corrected chi connectivity index (χ2v) is 8.04. The third-order valence-electron chi connectivity index (χ3n) is 4.99. The van der Waals surface area contributed by atoms with Crippen LogP contribution in [0.15, 0.2) is 4.99 Å². The van der Waals surface area contributed by atoms with Crippen LogP contribution < -0.4 is 10.6 Å². The summed E-state index contributed by atoms with van der Waals surface area (Å²) >= 11 is 0. The zero-order valence-electron chi connectivity index (χ0n) is 18.0. The molecular formula is C19H42IN5O. The first-order valence-electron chi connectivity index (χ1n) is 9.81. The molecule has 1 aliphatic heterocycles. The molecule has 0 atom stereocenters. The first-order chi connectivity index (χ1) is 11.8. The smallest absolute Gasteiger partial charge is 0.191 e. The van der Waals surface area contributed by atoms with Crippen molar-refractivity contribution in [2.24, 2.45) is 4.99 Å². The van der Waals surface area contributed by atoms with Crippen molar-refractivity contribution >= 4 is 29.9 Å². The van der Waals surface area contributed by atoms with Gasteiger partial charge in [-0.05, 0) is 48.0 Å². The fraction of sp³-hybridized carbons (Fsp3) is 0.947. The molecule has 0 unspecified atom stereocenters. The second kappa shape index (κ2) is 13.1. The topological polar surface area (TPSA) is 52.1 Å². The van der Waals surface area contributed by atoms with Gasteiger partial charge in [-0.25, -0.2) is 0 Å². The van der Waals surface area contributed by atoms with Crippen LogP contribution in [0.25, 0.3) is 0 Å². The van der Waals surface area contributed by atoms with Crippen LogP contribution in [0.3, 0.4) is 0 Å². The van der Waals surface area contributed by atoms with Crippen LogP contribution in [-0.4, -0.2) is 86.4 Å². The predicted octanol–water partition coefficient (Wildman–Crippen LogP) is 2.39. The molecule has 2 N–H and O–H groups in total. The number of halogens is 1. The lowest BCUT2D eigenvalue weighted by molar-refractivity contribution is -0.00834. The van der Waals surface area contributed by atoms with Crippen molar-refractivity contribution in [3.05, 3.63) is 0 Å². The van der Waals surface area contributed by atoms with Crippen molar-refractivity contribution in [2.45, 2.75) is 65.6 Å². The molecule has 0 aliphatic carbocycles. The molecule has 1 saturated heterocycles. The Bertz CT molecular complexity index is 387. The molecule has 0 bridgehead atoms.